The molecule has 0 bridgehead atoms. The summed E-state index contributed by atoms with van der Waals surface area (Å²) >= 11 is 0. The zero-order valence-electron chi connectivity index (χ0n) is 27.0. The molecule has 1 unspecified atom stereocenters. The Hall–Kier alpha value is -5.33. The number of hydrogen-bond donors (Lipinski definition) is 1. The van der Waals surface area contributed by atoms with Crippen LogP contribution in [0.2, 0.25) is 0 Å². The molecule has 0 saturated carbocycles. The summed E-state index contributed by atoms with van der Waals surface area (Å²) in [6, 6.07) is 12.7. The van der Waals surface area contributed by atoms with Crippen LogP contribution in [0.25, 0.3) is 5.95 Å². The lowest BCUT2D eigenvalue weighted by atomic mass is 10.0. The number of rotatable bonds is 11. The van der Waals surface area contributed by atoms with E-state index in [0.29, 0.717) is 60.9 Å². The fourth-order valence-electron chi connectivity index (χ4n) is 5.75. The number of piperazine rings is 1. The molecule has 2 aliphatic heterocycles. The summed E-state index contributed by atoms with van der Waals surface area (Å²) < 4.78 is 23.4. The largest absolute Gasteiger partial charge is 0.493 e. The van der Waals surface area contributed by atoms with Gasteiger partial charge in [0.15, 0.2) is 23.0 Å². The van der Waals surface area contributed by atoms with Crippen LogP contribution in [0.3, 0.4) is 0 Å². The Labute approximate surface area is 273 Å². The first kappa shape index (κ1) is 31.6. The normalized spacial score (nSPS) is 15.6. The summed E-state index contributed by atoms with van der Waals surface area (Å²) in [6.07, 6.45) is 5.51. The molecule has 4 heterocycles. The van der Waals surface area contributed by atoms with Crippen molar-refractivity contribution in [3.63, 3.8) is 0 Å². The van der Waals surface area contributed by atoms with Crippen molar-refractivity contribution in [2.45, 2.75) is 45.2 Å². The molecule has 6 rings (SSSR count). The van der Waals surface area contributed by atoms with Gasteiger partial charge < -0.3 is 34.1 Å². The van der Waals surface area contributed by atoms with Gasteiger partial charge in [0.25, 0.3) is 0 Å². The minimum atomic E-state index is -0.333. The summed E-state index contributed by atoms with van der Waals surface area (Å²) in [5.41, 5.74) is 2.59. The zero-order valence-corrected chi connectivity index (χ0v) is 27.0. The molecule has 1 atom stereocenters. The van der Waals surface area contributed by atoms with E-state index in [2.05, 4.69) is 29.0 Å². The van der Waals surface area contributed by atoms with E-state index < -0.39 is 0 Å². The topological polar surface area (TPSA) is 133 Å². The number of amides is 2. The van der Waals surface area contributed by atoms with Crippen LogP contribution in [0, 0.1) is 0 Å². The van der Waals surface area contributed by atoms with Crippen LogP contribution in [-0.4, -0.2) is 82.9 Å². The van der Waals surface area contributed by atoms with Crippen LogP contribution in [0.4, 0.5) is 5.82 Å². The van der Waals surface area contributed by atoms with E-state index in [1.807, 2.05) is 47.4 Å². The van der Waals surface area contributed by atoms with Gasteiger partial charge in [-0.1, -0.05) is 26.0 Å². The molecule has 2 aromatic carbocycles. The van der Waals surface area contributed by atoms with Gasteiger partial charge in [-0.3, -0.25) is 14.2 Å². The minimum Gasteiger partial charge on any atom is -0.493 e. The molecule has 0 spiro atoms. The first-order chi connectivity index (χ1) is 22.8. The van der Waals surface area contributed by atoms with Gasteiger partial charge in [-0.05, 0) is 41.3 Å². The molecule has 2 aliphatic rings. The van der Waals surface area contributed by atoms with Crippen molar-refractivity contribution in [2.24, 2.45) is 0 Å². The molecule has 13 heteroatoms. The van der Waals surface area contributed by atoms with E-state index in [-0.39, 0.29) is 43.4 Å². The van der Waals surface area contributed by atoms with Crippen LogP contribution in [0.15, 0.2) is 61.2 Å². The predicted molar refractivity (Wildman–Crippen MR) is 173 cm³/mol. The molecule has 1 saturated heterocycles. The first-order valence-electron chi connectivity index (χ1n) is 15.6. The maximum atomic E-state index is 13.6. The number of carbonyl (C=O) groups is 2. The Morgan fingerprint density at radius 2 is 1.79 bits per heavy atom. The minimum absolute atomic E-state index is 0.0242. The Morgan fingerprint density at radius 3 is 2.55 bits per heavy atom. The number of nitrogens with one attached hydrogen (secondary N) is 1. The van der Waals surface area contributed by atoms with Crippen LogP contribution in [-0.2, 0) is 22.6 Å². The summed E-state index contributed by atoms with van der Waals surface area (Å²) in [7, 11) is 3.16. The molecule has 2 amide bonds. The number of fused-ring (bicyclic) bond motifs is 1. The standard InChI is InChI=1S/C34H39N7O6/c1-22(2)26-17-31(38-34(37-26)40-10-9-35-20-40)41-12-11-39(33(43)15-23-5-8-28-30(13-23)47-21-46-28)19-25(41)16-32(42)36-18-24-6-7-27(44-3)29(14-24)45-4/h5-10,13-14,17,20,22,25H,11-12,15-16,18-19,21H2,1-4H3,(H,36,42). The fraction of sp³-hybridized carbons (Fsp3) is 0.382. The average Bonchev–Trinajstić information content (AvgIpc) is 3.80. The van der Waals surface area contributed by atoms with Crippen molar-refractivity contribution >= 4 is 17.6 Å². The molecule has 0 radical (unpaired) electrons. The maximum absolute atomic E-state index is 13.6. The van der Waals surface area contributed by atoms with Gasteiger partial charge >= 0.3 is 0 Å². The zero-order chi connectivity index (χ0) is 32.9. The van der Waals surface area contributed by atoms with Crippen molar-refractivity contribution in [1.82, 2.24) is 29.7 Å². The van der Waals surface area contributed by atoms with Gasteiger partial charge in [-0.25, -0.2) is 9.97 Å². The highest BCUT2D eigenvalue weighted by molar-refractivity contribution is 5.80. The quantitative estimate of drug-likeness (QED) is 0.260. The highest BCUT2D eigenvalue weighted by Crippen LogP contribution is 2.33. The Bertz CT molecular complexity index is 1730. The first-order valence-corrected chi connectivity index (χ1v) is 15.6. The number of hydrogen-bond acceptors (Lipinski definition) is 10. The van der Waals surface area contributed by atoms with E-state index in [9.17, 15) is 9.59 Å². The van der Waals surface area contributed by atoms with Crippen LogP contribution in [0.5, 0.6) is 23.0 Å². The van der Waals surface area contributed by atoms with Crippen molar-refractivity contribution in [3.05, 3.63) is 78.0 Å². The smallest absolute Gasteiger partial charge is 0.237 e. The molecule has 2 aromatic heterocycles. The lowest BCUT2D eigenvalue weighted by Gasteiger charge is -2.42. The molecule has 4 aromatic rings. The van der Waals surface area contributed by atoms with Gasteiger partial charge in [0.2, 0.25) is 24.6 Å². The highest BCUT2D eigenvalue weighted by Gasteiger charge is 2.33. The second-order valence-corrected chi connectivity index (χ2v) is 11.8. The van der Waals surface area contributed by atoms with Gasteiger partial charge in [0.1, 0.15) is 12.1 Å². The molecule has 0 aliphatic carbocycles. The van der Waals surface area contributed by atoms with E-state index in [0.717, 1.165) is 16.8 Å². The SMILES string of the molecule is COc1ccc(CNC(=O)CC2CN(C(=O)Cc3ccc4c(c3)OCO4)CCN2c2cc(C(C)C)nc(-n3ccnc3)n2)cc1OC. The van der Waals surface area contributed by atoms with Gasteiger partial charge in [-0.15, -0.1) is 0 Å². The van der Waals surface area contributed by atoms with Gasteiger partial charge in [0, 0.05) is 51.1 Å². The molecule has 47 heavy (non-hydrogen) atoms. The molecule has 13 nitrogen and oxygen atoms in total. The Kier molecular flexibility index (Phi) is 9.41. The average molecular weight is 642 g/mol. The van der Waals surface area contributed by atoms with Crippen LogP contribution >= 0.6 is 0 Å². The molecular weight excluding hydrogens is 602 g/mol. The molecule has 246 valence electrons. The number of carbonyl (C=O) groups excluding carboxylic acids is 2. The molecule has 1 fully saturated rings. The number of ether oxygens (including phenoxy) is 4. The van der Waals surface area contributed by atoms with E-state index in [1.54, 1.807) is 37.5 Å². The van der Waals surface area contributed by atoms with Gasteiger partial charge in [0.05, 0.1) is 32.4 Å². The highest BCUT2D eigenvalue weighted by atomic mass is 16.7. The monoisotopic (exact) mass is 641 g/mol. The van der Waals surface area contributed by atoms with Crippen molar-refractivity contribution in [2.75, 3.05) is 45.5 Å². The number of benzene rings is 2. The third-order valence-electron chi connectivity index (χ3n) is 8.33. The number of nitrogens with zero attached hydrogens (tertiary/aromatic N) is 6. The van der Waals surface area contributed by atoms with Crippen molar-refractivity contribution in [3.8, 4) is 28.9 Å². The molecule has 1 N–H and O–H groups in total. The number of anilines is 1. The number of methoxy groups -OCH3 is 2. The number of imidazole rings is 1. The van der Waals surface area contributed by atoms with Crippen molar-refractivity contribution < 1.29 is 28.5 Å². The van der Waals surface area contributed by atoms with E-state index in [1.165, 1.54) is 0 Å². The van der Waals surface area contributed by atoms with Crippen LogP contribution in [0.1, 0.15) is 43.0 Å². The Balaban J connectivity index is 1.22. The lowest BCUT2D eigenvalue weighted by molar-refractivity contribution is -0.132. The summed E-state index contributed by atoms with van der Waals surface area (Å²) in [6.45, 7) is 5.98. The maximum Gasteiger partial charge on any atom is 0.237 e. The second kappa shape index (κ2) is 14.0. The second-order valence-electron chi connectivity index (χ2n) is 11.8. The third kappa shape index (κ3) is 7.24. The number of aromatic nitrogens is 4. The van der Waals surface area contributed by atoms with E-state index in [4.69, 9.17) is 28.9 Å². The van der Waals surface area contributed by atoms with Crippen molar-refractivity contribution in [1.29, 1.82) is 0 Å². The third-order valence-corrected chi connectivity index (χ3v) is 8.33. The Morgan fingerprint density at radius 1 is 0.979 bits per heavy atom. The lowest BCUT2D eigenvalue weighted by Crippen LogP contribution is -2.56. The van der Waals surface area contributed by atoms with Gasteiger partial charge in [-0.2, -0.15) is 4.98 Å². The fourth-order valence-corrected chi connectivity index (χ4v) is 5.75. The molecular formula is C34H39N7O6. The predicted octanol–water partition coefficient (Wildman–Crippen LogP) is 3.50. The summed E-state index contributed by atoms with van der Waals surface area (Å²) in [4.78, 5) is 44.8. The van der Waals surface area contributed by atoms with Crippen LogP contribution < -0.4 is 29.2 Å². The van der Waals surface area contributed by atoms with E-state index >= 15 is 0 Å². The summed E-state index contributed by atoms with van der Waals surface area (Å²) in [5.74, 6) is 3.70. The summed E-state index contributed by atoms with van der Waals surface area (Å²) in [5, 5.41) is 3.04.